The summed E-state index contributed by atoms with van der Waals surface area (Å²) >= 11 is 0. The fraction of sp³-hybridized carbons (Fsp3) is 0.478. The molecule has 164 valence electrons. The number of nitrogens with zero attached hydrogens (tertiary/aromatic N) is 5. The van der Waals surface area contributed by atoms with E-state index in [1.165, 1.54) is 4.68 Å². The van der Waals surface area contributed by atoms with E-state index in [1.807, 2.05) is 37.3 Å². The Morgan fingerprint density at radius 3 is 2.68 bits per heavy atom. The summed E-state index contributed by atoms with van der Waals surface area (Å²) in [6, 6.07) is 9.86. The standard InChI is InChI=1S/C23H30N6O2/c1-16-9-8-10-17(13-16)29-20(14-18(25-29)23(2,3)4)24-21(30)15-28-22(31)27-12-7-5-6-11-19(27)26-28/h8-10,13-14H,5-7,11-12,15H2,1-4H3,(H,24,30). The molecular weight excluding hydrogens is 392 g/mol. The molecule has 0 unspecified atom stereocenters. The van der Waals surface area contributed by atoms with Crippen LogP contribution in [0.2, 0.25) is 0 Å². The fourth-order valence-corrected chi connectivity index (χ4v) is 3.84. The maximum absolute atomic E-state index is 12.9. The number of hydrogen-bond acceptors (Lipinski definition) is 4. The van der Waals surface area contributed by atoms with Gasteiger partial charge in [-0.1, -0.05) is 39.3 Å². The van der Waals surface area contributed by atoms with Crippen molar-refractivity contribution in [3.8, 4) is 5.69 Å². The Kier molecular flexibility index (Phi) is 5.56. The number of nitrogens with one attached hydrogen (secondary N) is 1. The van der Waals surface area contributed by atoms with E-state index in [0.717, 1.165) is 48.5 Å². The zero-order valence-corrected chi connectivity index (χ0v) is 18.7. The summed E-state index contributed by atoms with van der Waals surface area (Å²) in [7, 11) is 0. The lowest BCUT2D eigenvalue weighted by Crippen LogP contribution is -2.30. The van der Waals surface area contributed by atoms with Crippen LogP contribution in [0.1, 0.15) is 57.1 Å². The Balaban J connectivity index is 1.61. The summed E-state index contributed by atoms with van der Waals surface area (Å²) in [6.07, 6.45) is 3.87. The maximum atomic E-state index is 12.9. The zero-order chi connectivity index (χ0) is 22.2. The largest absolute Gasteiger partial charge is 0.346 e. The van der Waals surface area contributed by atoms with Crippen LogP contribution in [-0.4, -0.2) is 30.0 Å². The van der Waals surface area contributed by atoms with Crippen LogP contribution in [-0.2, 0) is 29.7 Å². The molecule has 1 aromatic carbocycles. The number of rotatable bonds is 4. The average Bonchev–Trinajstić information content (AvgIpc) is 3.14. The highest BCUT2D eigenvalue weighted by Crippen LogP contribution is 2.26. The molecule has 31 heavy (non-hydrogen) atoms. The van der Waals surface area contributed by atoms with Crippen molar-refractivity contribution in [2.45, 2.75) is 71.9 Å². The van der Waals surface area contributed by atoms with E-state index in [1.54, 1.807) is 9.25 Å². The third kappa shape index (κ3) is 4.47. The van der Waals surface area contributed by atoms with Gasteiger partial charge in [0.05, 0.1) is 11.4 Å². The van der Waals surface area contributed by atoms with E-state index in [2.05, 4.69) is 31.2 Å². The van der Waals surface area contributed by atoms with Crippen LogP contribution >= 0.6 is 0 Å². The van der Waals surface area contributed by atoms with Gasteiger partial charge in [-0.3, -0.25) is 9.36 Å². The van der Waals surface area contributed by atoms with Gasteiger partial charge < -0.3 is 5.32 Å². The smallest absolute Gasteiger partial charge is 0.309 e. The Hall–Kier alpha value is -3.16. The number of carbonyl (C=O) groups is 1. The highest BCUT2D eigenvalue weighted by atomic mass is 16.2. The van der Waals surface area contributed by atoms with Gasteiger partial charge in [-0.15, -0.1) is 0 Å². The number of carbonyl (C=O) groups excluding carboxylic acids is 1. The molecule has 2 aromatic heterocycles. The fourth-order valence-electron chi connectivity index (χ4n) is 3.84. The minimum Gasteiger partial charge on any atom is -0.309 e. The highest BCUT2D eigenvalue weighted by molar-refractivity contribution is 5.90. The molecule has 0 aliphatic carbocycles. The van der Waals surface area contributed by atoms with Gasteiger partial charge >= 0.3 is 5.69 Å². The number of fused-ring (bicyclic) bond motifs is 1. The van der Waals surface area contributed by atoms with Gasteiger partial charge in [0, 0.05) is 24.4 Å². The van der Waals surface area contributed by atoms with Crippen LogP contribution in [0.3, 0.4) is 0 Å². The maximum Gasteiger partial charge on any atom is 0.346 e. The van der Waals surface area contributed by atoms with E-state index in [9.17, 15) is 9.59 Å². The van der Waals surface area contributed by atoms with E-state index >= 15 is 0 Å². The molecule has 0 fully saturated rings. The Morgan fingerprint density at radius 1 is 1.13 bits per heavy atom. The number of anilines is 1. The van der Waals surface area contributed by atoms with E-state index in [4.69, 9.17) is 5.10 Å². The molecule has 0 spiro atoms. The van der Waals surface area contributed by atoms with Crippen molar-refractivity contribution in [3.63, 3.8) is 0 Å². The molecule has 1 aliphatic heterocycles. The molecule has 0 saturated heterocycles. The molecule has 0 radical (unpaired) electrons. The lowest BCUT2D eigenvalue weighted by atomic mass is 9.92. The summed E-state index contributed by atoms with van der Waals surface area (Å²) < 4.78 is 4.72. The average molecular weight is 423 g/mol. The van der Waals surface area contributed by atoms with E-state index in [0.29, 0.717) is 12.4 Å². The number of hydrogen-bond donors (Lipinski definition) is 1. The zero-order valence-electron chi connectivity index (χ0n) is 18.7. The van der Waals surface area contributed by atoms with Crippen LogP contribution in [0.25, 0.3) is 5.69 Å². The van der Waals surface area contributed by atoms with Gasteiger partial charge in [0.1, 0.15) is 18.2 Å². The predicted octanol–water partition coefficient (Wildman–Crippen LogP) is 3.20. The third-order valence-corrected chi connectivity index (χ3v) is 5.57. The van der Waals surface area contributed by atoms with Crippen molar-refractivity contribution < 1.29 is 4.79 Å². The van der Waals surface area contributed by atoms with Crippen LogP contribution < -0.4 is 11.0 Å². The van der Waals surface area contributed by atoms with Crippen molar-refractivity contribution in [1.82, 2.24) is 24.1 Å². The Labute approximate surface area is 181 Å². The quantitative estimate of drug-likeness (QED) is 0.699. The normalized spacial score (nSPS) is 14.2. The van der Waals surface area contributed by atoms with E-state index < -0.39 is 0 Å². The summed E-state index contributed by atoms with van der Waals surface area (Å²) in [5.74, 6) is 1.05. The molecule has 1 aliphatic rings. The van der Waals surface area contributed by atoms with Crippen LogP contribution in [0.5, 0.6) is 0 Å². The summed E-state index contributed by atoms with van der Waals surface area (Å²) in [5.41, 5.74) is 2.46. The van der Waals surface area contributed by atoms with Gasteiger partial charge in [0.15, 0.2) is 0 Å². The second-order valence-corrected chi connectivity index (χ2v) is 9.28. The number of aryl methyl sites for hydroxylation is 2. The minimum absolute atomic E-state index is 0.122. The molecule has 3 aromatic rings. The SMILES string of the molecule is Cc1cccc(-n2nc(C(C)(C)C)cc2NC(=O)Cn2nc3n(c2=O)CCCCC3)c1. The lowest BCUT2D eigenvalue weighted by molar-refractivity contribution is -0.117. The first-order valence-electron chi connectivity index (χ1n) is 10.9. The van der Waals surface area contributed by atoms with Gasteiger partial charge in [-0.25, -0.2) is 14.2 Å². The van der Waals surface area contributed by atoms with Crippen molar-refractivity contribution in [3.05, 3.63) is 57.9 Å². The number of benzene rings is 1. The van der Waals surface area contributed by atoms with Gasteiger partial charge in [-0.2, -0.15) is 10.2 Å². The number of aromatic nitrogens is 5. The molecule has 0 saturated carbocycles. The minimum atomic E-state index is -0.301. The first kappa shape index (κ1) is 21.1. The molecule has 0 atom stereocenters. The Bertz CT molecular complexity index is 1160. The van der Waals surface area contributed by atoms with Gasteiger partial charge in [0.2, 0.25) is 5.91 Å². The monoisotopic (exact) mass is 422 g/mol. The molecule has 3 heterocycles. The molecule has 8 heteroatoms. The van der Waals surface area contributed by atoms with E-state index in [-0.39, 0.29) is 23.6 Å². The van der Waals surface area contributed by atoms with Crippen molar-refractivity contribution in [1.29, 1.82) is 0 Å². The van der Waals surface area contributed by atoms with Crippen molar-refractivity contribution in [2.24, 2.45) is 0 Å². The Morgan fingerprint density at radius 2 is 1.94 bits per heavy atom. The molecule has 4 rings (SSSR count). The highest BCUT2D eigenvalue weighted by Gasteiger charge is 2.22. The van der Waals surface area contributed by atoms with Crippen molar-refractivity contribution >= 4 is 11.7 Å². The molecule has 1 N–H and O–H groups in total. The van der Waals surface area contributed by atoms with Gasteiger partial charge in [-0.05, 0) is 37.5 Å². The van der Waals surface area contributed by atoms with Gasteiger partial charge in [0.25, 0.3) is 0 Å². The first-order chi connectivity index (χ1) is 14.7. The second-order valence-electron chi connectivity index (χ2n) is 9.28. The lowest BCUT2D eigenvalue weighted by Gasteiger charge is -2.14. The summed E-state index contributed by atoms with van der Waals surface area (Å²) in [4.78, 5) is 25.5. The van der Waals surface area contributed by atoms with Crippen LogP contribution in [0, 0.1) is 6.92 Å². The second kappa shape index (κ2) is 8.17. The molecular formula is C23H30N6O2. The first-order valence-corrected chi connectivity index (χ1v) is 10.9. The van der Waals surface area contributed by atoms with Crippen molar-refractivity contribution in [2.75, 3.05) is 5.32 Å². The molecule has 1 amide bonds. The summed E-state index contributed by atoms with van der Waals surface area (Å²) in [5, 5.41) is 12.1. The summed E-state index contributed by atoms with van der Waals surface area (Å²) in [6.45, 7) is 8.82. The third-order valence-electron chi connectivity index (χ3n) is 5.57. The molecule has 0 bridgehead atoms. The topological polar surface area (TPSA) is 86.7 Å². The molecule has 8 nitrogen and oxygen atoms in total. The number of amides is 1. The van der Waals surface area contributed by atoms with Crippen LogP contribution in [0.15, 0.2) is 35.1 Å². The predicted molar refractivity (Wildman–Crippen MR) is 120 cm³/mol. The van der Waals surface area contributed by atoms with Crippen LogP contribution in [0.4, 0.5) is 5.82 Å².